The first-order valence-electron chi connectivity index (χ1n) is 8.70. The highest BCUT2D eigenvalue weighted by Crippen LogP contribution is 2.23. The van der Waals surface area contributed by atoms with Gasteiger partial charge < -0.3 is 20.3 Å². The molecule has 0 bridgehead atoms. The van der Waals surface area contributed by atoms with E-state index in [1.54, 1.807) is 42.3 Å². The van der Waals surface area contributed by atoms with Crippen LogP contribution in [0.5, 0.6) is 5.75 Å². The first-order chi connectivity index (χ1) is 13.1. The van der Waals surface area contributed by atoms with E-state index in [1.807, 2.05) is 18.2 Å². The molecular weight excluding hydrogens is 346 g/mol. The third kappa shape index (κ3) is 4.44. The van der Waals surface area contributed by atoms with E-state index in [0.717, 1.165) is 17.7 Å². The van der Waals surface area contributed by atoms with Crippen LogP contribution in [-0.4, -0.2) is 31.4 Å². The quantitative estimate of drug-likeness (QED) is 0.792. The van der Waals surface area contributed by atoms with E-state index in [-0.39, 0.29) is 12.5 Å². The van der Waals surface area contributed by atoms with Crippen molar-refractivity contribution >= 4 is 29.1 Å². The number of anilines is 2. The lowest BCUT2D eigenvalue weighted by Crippen LogP contribution is -2.35. The van der Waals surface area contributed by atoms with Crippen LogP contribution in [-0.2, 0) is 20.9 Å². The molecule has 2 aromatic carbocycles. The van der Waals surface area contributed by atoms with Gasteiger partial charge >= 0.3 is 11.8 Å². The minimum absolute atomic E-state index is 0.0995. The van der Waals surface area contributed by atoms with Gasteiger partial charge in [-0.15, -0.1) is 0 Å². The molecule has 1 saturated heterocycles. The highest BCUT2D eigenvalue weighted by molar-refractivity contribution is 6.39. The molecular formula is C20H21N3O4. The Balaban J connectivity index is 1.55. The summed E-state index contributed by atoms with van der Waals surface area (Å²) in [6.45, 7) is 0.891. The molecule has 0 atom stereocenters. The minimum atomic E-state index is -0.755. The zero-order chi connectivity index (χ0) is 19.2. The van der Waals surface area contributed by atoms with Crippen LogP contribution in [0, 0.1) is 0 Å². The summed E-state index contributed by atoms with van der Waals surface area (Å²) in [5.41, 5.74) is 2.06. The summed E-state index contributed by atoms with van der Waals surface area (Å²) < 4.78 is 5.21. The number of carbonyl (C=O) groups is 3. The van der Waals surface area contributed by atoms with Crippen molar-refractivity contribution in [3.63, 3.8) is 0 Å². The Hall–Kier alpha value is -3.35. The maximum Gasteiger partial charge on any atom is 0.313 e. The lowest BCUT2D eigenvalue weighted by Gasteiger charge is -2.16. The molecule has 0 radical (unpaired) electrons. The predicted octanol–water partition coefficient (Wildman–Crippen LogP) is 2.08. The third-order valence-corrected chi connectivity index (χ3v) is 4.35. The predicted molar refractivity (Wildman–Crippen MR) is 101 cm³/mol. The first-order valence-corrected chi connectivity index (χ1v) is 8.70. The normalized spacial score (nSPS) is 13.4. The number of amides is 3. The van der Waals surface area contributed by atoms with Crippen molar-refractivity contribution in [1.82, 2.24) is 5.32 Å². The molecule has 0 aromatic heterocycles. The van der Waals surface area contributed by atoms with Gasteiger partial charge in [-0.3, -0.25) is 14.4 Å². The second-order valence-electron chi connectivity index (χ2n) is 6.14. The molecule has 1 fully saturated rings. The Morgan fingerprint density at radius 3 is 2.48 bits per heavy atom. The molecule has 0 saturated carbocycles. The number of benzene rings is 2. The van der Waals surface area contributed by atoms with Gasteiger partial charge in [0.05, 0.1) is 7.11 Å². The van der Waals surface area contributed by atoms with Crippen molar-refractivity contribution in [2.24, 2.45) is 0 Å². The summed E-state index contributed by atoms with van der Waals surface area (Å²) in [6, 6.07) is 14.1. The van der Waals surface area contributed by atoms with Gasteiger partial charge in [-0.1, -0.05) is 18.2 Å². The molecule has 140 valence electrons. The van der Waals surface area contributed by atoms with E-state index in [4.69, 9.17) is 4.74 Å². The maximum atomic E-state index is 12.1. The SMILES string of the molecule is COc1ccccc1CNC(=O)C(=O)Nc1ccc(N2CCCC2=O)cc1. The van der Waals surface area contributed by atoms with Gasteiger partial charge in [-0.25, -0.2) is 0 Å². The molecule has 7 nitrogen and oxygen atoms in total. The number of ether oxygens (including phenoxy) is 1. The van der Waals surface area contributed by atoms with E-state index in [9.17, 15) is 14.4 Å². The lowest BCUT2D eigenvalue weighted by molar-refractivity contribution is -0.136. The van der Waals surface area contributed by atoms with Crippen LogP contribution in [0.25, 0.3) is 0 Å². The van der Waals surface area contributed by atoms with Crippen molar-refractivity contribution in [3.8, 4) is 5.75 Å². The van der Waals surface area contributed by atoms with Crippen molar-refractivity contribution < 1.29 is 19.1 Å². The number of hydrogen-bond acceptors (Lipinski definition) is 4. The van der Waals surface area contributed by atoms with Crippen molar-refractivity contribution in [2.75, 3.05) is 23.9 Å². The van der Waals surface area contributed by atoms with Gasteiger partial charge in [0.1, 0.15) is 5.75 Å². The van der Waals surface area contributed by atoms with Crippen LogP contribution < -0.4 is 20.3 Å². The van der Waals surface area contributed by atoms with E-state index in [1.165, 1.54) is 0 Å². The summed E-state index contributed by atoms with van der Waals surface area (Å²) in [4.78, 5) is 37.6. The number of para-hydroxylation sites is 1. The summed E-state index contributed by atoms with van der Waals surface area (Å²) >= 11 is 0. The van der Waals surface area contributed by atoms with Crippen molar-refractivity contribution in [1.29, 1.82) is 0 Å². The standard InChI is InChI=1S/C20H21N3O4/c1-27-17-6-3-2-5-14(17)13-21-19(25)20(26)22-15-8-10-16(11-9-15)23-12-4-7-18(23)24/h2-3,5-6,8-11H,4,7,12-13H2,1H3,(H,21,25)(H,22,26). The van der Waals surface area contributed by atoms with E-state index in [0.29, 0.717) is 24.4 Å². The van der Waals surface area contributed by atoms with Crippen molar-refractivity contribution in [2.45, 2.75) is 19.4 Å². The number of rotatable bonds is 5. The molecule has 0 aliphatic carbocycles. The Morgan fingerprint density at radius 1 is 1.07 bits per heavy atom. The zero-order valence-corrected chi connectivity index (χ0v) is 15.0. The molecule has 27 heavy (non-hydrogen) atoms. The van der Waals surface area contributed by atoms with Crippen LogP contribution in [0.3, 0.4) is 0 Å². The van der Waals surface area contributed by atoms with Crippen LogP contribution in [0.15, 0.2) is 48.5 Å². The molecule has 0 unspecified atom stereocenters. The van der Waals surface area contributed by atoms with Gasteiger partial charge in [0.2, 0.25) is 5.91 Å². The first kappa shape index (κ1) is 18.4. The Kier molecular flexibility index (Phi) is 5.71. The number of carbonyl (C=O) groups excluding carboxylic acids is 3. The fraction of sp³-hybridized carbons (Fsp3) is 0.250. The number of methoxy groups -OCH3 is 1. The third-order valence-electron chi connectivity index (χ3n) is 4.35. The van der Waals surface area contributed by atoms with Crippen LogP contribution >= 0.6 is 0 Å². The molecule has 1 aliphatic rings. The number of nitrogens with one attached hydrogen (secondary N) is 2. The summed E-state index contributed by atoms with van der Waals surface area (Å²) in [5.74, 6) is -0.748. The van der Waals surface area contributed by atoms with E-state index >= 15 is 0 Å². The van der Waals surface area contributed by atoms with Crippen molar-refractivity contribution in [3.05, 3.63) is 54.1 Å². The lowest BCUT2D eigenvalue weighted by atomic mass is 10.2. The van der Waals surface area contributed by atoms with Crippen LogP contribution in [0.1, 0.15) is 18.4 Å². The fourth-order valence-electron chi connectivity index (χ4n) is 2.94. The second-order valence-corrected chi connectivity index (χ2v) is 6.14. The average molecular weight is 367 g/mol. The zero-order valence-electron chi connectivity index (χ0n) is 15.0. The molecule has 2 N–H and O–H groups in total. The van der Waals surface area contributed by atoms with Crippen LogP contribution in [0.2, 0.25) is 0 Å². The average Bonchev–Trinajstić information content (AvgIpc) is 3.12. The fourth-order valence-corrected chi connectivity index (χ4v) is 2.94. The number of hydrogen-bond donors (Lipinski definition) is 2. The van der Waals surface area contributed by atoms with Gasteiger partial charge in [0, 0.05) is 36.4 Å². The smallest absolute Gasteiger partial charge is 0.313 e. The van der Waals surface area contributed by atoms with E-state index in [2.05, 4.69) is 10.6 Å². The highest BCUT2D eigenvalue weighted by atomic mass is 16.5. The van der Waals surface area contributed by atoms with Crippen LogP contribution in [0.4, 0.5) is 11.4 Å². The molecule has 1 aliphatic heterocycles. The summed E-state index contributed by atoms with van der Waals surface area (Å²) in [5, 5.41) is 5.12. The molecule has 3 rings (SSSR count). The molecule has 7 heteroatoms. The molecule has 0 spiro atoms. The summed E-state index contributed by atoms with van der Waals surface area (Å²) in [6.07, 6.45) is 1.41. The highest BCUT2D eigenvalue weighted by Gasteiger charge is 2.21. The molecule has 2 aromatic rings. The maximum absolute atomic E-state index is 12.1. The topological polar surface area (TPSA) is 87.7 Å². The monoisotopic (exact) mass is 367 g/mol. The Labute approximate surface area is 157 Å². The van der Waals surface area contributed by atoms with Gasteiger partial charge in [-0.05, 0) is 36.8 Å². The second kappa shape index (κ2) is 8.35. The van der Waals surface area contributed by atoms with E-state index < -0.39 is 11.8 Å². The summed E-state index contributed by atoms with van der Waals surface area (Å²) in [7, 11) is 1.55. The van der Waals surface area contributed by atoms with Gasteiger partial charge in [0.25, 0.3) is 0 Å². The Morgan fingerprint density at radius 2 is 1.81 bits per heavy atom. The molecule has 3 amide bonds. The minimum Gasteiger partial charge on any atom is -0.496 e. The Bertz CT molecular complexity index is 849. The number of nitrogens with zero attached hydrogens (tertiary/aromatic N) is 1. The molecule has 1 heterocycles. The largest absolute Gasteiger partial charge is 0.496 e. The van der Waals surface area contributed by atoms with Gasteiger partial charge in [0.15, 0.2) is 0 Å². The van der Waals surface area contributed by atoms with Gasteiger partial charge in [-0.2, -0.15) is 0 Å².